The summed E-state index contributed by atoms with van der Waals surface area (Å²) in [7, 11) is 0. The fraction of sp³-hybridized carbons (Fsp3) is 0.429. The van der Waals surface area contributed by atoms with Crippen molar-refractivity contribution in [2.45, 2.75) is 13.8 Å². The average Bonchev–Trinajstić information content (AvgIpc) is 2.43. The molecule has 0 saturated heterocycles. The number of thiocarbonyl (C=S) groups is 1. The topological polar surface area (TPSA) is 44.4 Å². The van der Waals surface area contributed by atoms with Crippen LogP contribution < -0.4 is 10.6 Å². The summed E-state index contributed by atoms with van der Waals surface area (Å²) in [4.78, 5) is 14.2. The van der Waals surface area contributed by atoms with Crippen molar-refractivity contribution < 1.29 is 4.79 Å². The van der Waals surface area contributed by atoms with Crippen LogP contribution in [0.15, 0.2) is 28.7 Å². The molecule has 1 aromatic carbocycles. The van der Waals surface area contributed by atoms with E-state index < -0.39 is 0 Å². The maximum absolute atomic E-state index is 11.9. The molecule has 0 atom stereocenters. The van der Waals surface area contributed by atoms with Crippen LogP contribution in [0.2, 0.25) is 0 Å². The quantitative estimate of drug-likeness (QED) is 0.767. The lowest BCUT2D eigenvalue weighted by Gasteiger charge is -2.18. The van der Waals surface area contributed by atoms with Gasteiger partial charge in [0.05, 0.1) is 0 Å². The van der Waals surface area contributed by atoms with Crippen LogP contribution in [0.5, 0.6) is 0 Å². The van der Waals surface area contributed by atoms with Gasteiger partial charge in [-0.3, -0.25) is 10.1 Å². The van der Waals surface area contributed by atoms with Gasteiger partial charge in [-0.05, 0) is 43.5 Å². The molecule has 0 radical (unpaired) electrons. The number of carbonyl (C=O) groups excluding carboxylic acids is 1. The average molecular weight is 358 g/mol. The number of carbonyl (C=O) groups is 1. The summed E-state index contributed by atoms with van der Waals surface area (Å²) >= 11 is 8.45. The Hall–Kier alpha value is -0.980. The highest BCUT2D eigenvalue weighted by Crippen LogP contribution is 2.11. The van der Waals surface area contributed by atoms with Crippen LogP contribution in [0.4, 0.5) is 0 Å². The highest BCUT2D eigenvalue weighted by atomic mass is 79.9. The Morgan fingerprint density at radius 1 is 1.35 bits per heavy atom. The molecule has 110 valence electrons. The largest absolute Gasteiger partial charge is 0.361 e. The van der Waals surface area contributed by atoms with E-state index in [9.17, 15) is 4.79 Å². The van der Waals surface area contributed by atoms with Crippen LogP contribution in [0, 0.1) is 0 Å². The zero-order chi connectivity index (χ0) is 15.0. The van der Waals surface area contributed by atoms with Crippen LogP contribution in [-0.2, 0) is 0 Å². The van der Waals surface area contributed by atoms with Gasteiger partial charge < -0.3 is 10.2 Å². The summed E-state index contributed by atoms with van der Waals surface area (Å²) in [6, 6.07) is 7.19. The molecule has 0 heterocycles. The molecular formula is C14H20BrN3OS. The lowest BCUT2D eigenvalue weighted by Crippen LogP contribution is -2.42. The zero-order valence-corrected chi connectivity index (χ0v) is 14.2. The van der Waals surface area contributed by atoms with E-state index in [1.807, 2.05) is 12.1 Å². The fourth-order valence-corrected chi connectivity index (χ4v) is 2.31. The van der Waals surface area contributed by atoms with Crippen LogP contribution in [0.3, 0.4) is 0 Å². The van der Waals surface area contributed by atoms with Gasteiger partial charge in [0.2, 0.25) is 0 Å². The van der Waals surface area contributed by atoms with E-state index in [4.69, 9.17) is 12.2 Å². The number of benzene rings is 1. The van der Waals surface area contributed by atoms with Gasteiger partial charge in [-0.2, -0.15) is 0 Å². The van der Waals surface area contributed by atoms with Crippen LogP contribution >= 0.6 is 28.1 Å². The SMILES string of the molecule is CCN(CC)CCNC(=S)NC(=O)c1cccc(Br)c1. The highest BCUT2D eigenvalue weighted by Gasteiger charge is 2.08. The maximum atomic E-state index is 11.9. The normalized spacial score (nSPS) is 10.4. The second-order valence-corrected chi connectivity index (χ2v) is 5.57. The molecule has 0 aliphatic rings. The van der Waals surface area contributed by atoms with Crippen molar-refractivity contribution in [3.63, 3.8) is 0 Å². The first-order chi connectivity index (χ1) is 9.56. The number of hydrogen-bond acceptors (Lipinski definition) is 3. The number of halogens is 1. The van der Waals surface area contributed by atoms with E-state index in [0.717, 1.165) is 30.7 Å². The Kier molecular flexibility index (Phi) is 7.72. The van der Waals surface area contributed by atoms with E-state index in [-0.39, 0.29) is 5.91 Å². The van der Waals surface area contributed by atoms with Gasteiger partial charge >= 0.3 is 0 Å². The third-order valence-corrected chi connectivity index (χ3v) is 3.66. The molecular weight excluding hydrogens is 338 g/mol. The van der Waals surface area contributed by atoms with Crippen LogP contribution in [-0.4, -0.2) is 42.1 Å². The Labute approximate surface area is 134 Å². The van der Waals surface area contributed by atoms with Crippen molar-refractivity contribution in [3.05, 3.63) is 34.3 Å². The molecule has 0 aliphatic heterocycles. The lowest BCUT2D eigenvalue weighted by molar-refractivity contribution is 0.0976. The van der Waals surface area contributed by atoms with Crippen molar-refractivity contribution in [2.75, 3.05) is 26.2 Å². The van der Waals surface area contributed by atoms with Crippen molar-refractivity contribution in [2.24, 2.45) is 0 Å². The van der Waals surface area contributed by atoms with Crippen molar-refractivity contribution >= 4 is 39.2 Å². The van der Waals surface area contributed by atoms with Gasteiger partial charge in [-0.1, -0.05) is 35.8 Å². The minimum atomic E-state index is -0.202. The first-order valence-electron chi connectivity index (χ1n) is 6.64. The molecule has 0 fully saturated rings. The monoisotopic (exact) mass is 357 g/mol. The van der Waals surface area contributed by atoms with E-state index in [1.54, 1.807) is 12.1 Å². The molecule has 20 heavy (non-hydrogen) atoms. The number of nitrogens with zero attached hydrogens (tertiary/aromatic N) is 1. The second-order valence-electron chi connectivity index (χ2n) is 4.25. The molecule has 1 rings (SSSR count). The Balaban J connectivity index is 2.37. The molecule has 6 heteroatoms. The lowest BCUT2D eigenvalue weighted by atomic mass is 10.2. The highest BCUT2D eigenvalue weighted by molar-refractivity contribution is 9.10. The van der Waals surface area contributed by atoms with Gasteiger partial charge in [0.1, 0.15) is 0 Å². The molecule has 4 nitrogen and oxygen atoms in total. The molecule has 0 aliphatic carbocycles. The van der Waals surface area contributed by atoms with E-state index in [1.165, 1.54) is 0 Å². The Morgan fingerprint density at radius 3 is 2.65 bits per heavy atom. The number of rotatable bonds is 6. The van der Waals surface area contributed by atoms with E-state index >= 15 is 0 Å². The standard InChI is InChI=1S/C14H20BrN3OS/c1-3-18(4-2)9-8-16-14(20)17-13(19)11-6-5-7-12(15)10-11/h5-7,10H,3-4,8-9H2,1-2H3,(H2,16,17,19,20). The van der Waals surface area contributed by atoms with E-state index in [0.29, 0.717) is 10.7 Å². The number of likely N-dealkylation sites (N-methyl/N-ethyl adjacent to an activating group) is 1. The summed E-state index contributed by atoms with van der Waals surface area (Å²) in [6.45, 7) is 7.89. The molecule has 0 aromatic heterocycles. The fourth-order valence-electron chi connectivity index (χ4n) is 1.72. The van der Waals surface area contributed by atoms with Crippen LogP contribution in [0.1, 0.15) is 24.2 Å². The first kappa shape index (κ1) is 17.1. The molecule has 0 spiro atoms. The van der Waals surface area contributed by atoms with Gasteiger partial charge in [-0.25, -0.2) is 0 Å². The van der Waals surface area contributed by atoms with Crippen molar-refractivity contribution in [3.8, 4) is 0 Å². The summed E-state index contributed by atoms with van der Waals surface area (Å²) < 4.78 is 0.866. The van der Waals surface area contributed by atoms with Gasteiger partial charge in [0, 0.05) is 23.1 Å². The second kappa shape index (κ2) is 9.05. The Morgan fingerprint density at radius 2 is 2.05 bits per heavy atom. The third-order valence-electron chi connectivity index (χ3n) is 2.92. The number of nitrogens with one attached hydrogen (secondary N) is 2. The molecule has 1 aromatic rings. The third kappa shape index (κ3) is 5.98. The molecule has 1 amide bonds. The minimum Gasteiger partial charge on any atom is -0.361 e. The van der Waals surface area contributed by atoms with Crippen LogP contribution in [0.25, 0.3) is 0 Å². The van der Waals surface area contributed by atoms with Crippen molar-refractivity contribution in [1.29, 1.82) is 0 Å². The predicted octanol–water partition coefficient (Wildman–Crippen LogP) is 2.40. The van der Waals surface area contributed by atoms with Gasteiger partial charge in [0.15, 0.2) is 5.11 Å². The first-order valence-corrected chi connectivity index (χ1v) is 7.84. The summed E-state index contributed by atoms with van der Waals surface area (Å²) in [5.74, 6) is -0.202. The molecule has 2 N–H and O–H groups in total. The minimum absolute atomic E-state index is 0.202. The molecule has 0 unspecified atom stereocenters. The maximum Gasteiger partial charge on any atom is 0.257 e. The summed E-state index contributed by atoms with van der Waals surface area (Å²) in [5, 5.41) is 6.08. The van der Waals surface area contributed by atoms with E-state index in [2.05, 4.69) is 45.3 Å². The smallest absolute Gasteiger partial charge is 0.257 e. The van der Waals surface area contributed by atoms with Gasteiger partial charge in [-0.15, -0.1) is 0 Å². The van der Waals surface area contributed by atoms with Gasteiger partial charge in [0.25, 0.3) is 5.91 Å². The number of amides is 1. The Bertz CT molecular complexity index is 463. The molecule has 0 bridgehead atoms. The predicted molar refractivity (Wildman–Crippen MR) is 90.0 cm³/mol. The summed E-state index contributed by atoms with van der Waals surface area (Å²) in [6.07, 6.45) is 0. The van der Waals surface area contributed by atoms with Crippen molar-refractivity contribution in [1.82, 2.24) is 15.5 Å². The molecule has 0 saturated carbocycles. The summed E-state index contributed by atoms with van der Waals surface area (Å²) in [5.41, 5.74) is 0.576. The zero-order valence-electron chi connectivity index (χ0n) is 11.8. The number of hydrogen-bond donors (Lipinski definition) is 2.